The molecule has 0 saturated carbocycles. The first kappa shape index (κ1) is 22.8. The summed E-state index contributed by atoms with van der Waals surface area (Å²) in [5.41, 5.74) is 2.53. The van der Waals surface area contributed by atoms with Crippen molar-refractivity contribution in [1.29, 1.82) is 0 Å². The summed E-state index contributed by atoms with van der Waals surface area (Å²) in [7, 11) is 0. The number of anilines is 3. The Kier molecular flexibility index (Phi) is 5.54. The Morgan fingerprint density at radius 3 is 1.60 bits per heavy atom. The third kappa shape index (κ3) is 5.82. The van der Waals surface area contributed by atoms with Crippen molar-refractivity contribution in [2.75, 3.05) is 4.90 Å². The maximum Gasteiger partial charge on any atom is 0.143 e. The predicted molar refractivity (Wildman–Crippen MR) is 245 cm³/mol. The van der Waals surface area contributed by atoms with Crippen molar-refractivity contribution in [1.82, 2.24) is 0 Å². The Bertz CT molecular complexity index is 3960. The Hall–Kier alpha value is -7.68. The summed E-state index contributed by atoms with van der Waals surface area (Å²) in [5, 5.41) is 5.57. The molecule has 0 aliphatic rings. The highest BCUT2D eigenvalue weighted by atomic mass is 16.3. The van der Waals surface area contributed by atoms with Crippen molar-refractivity contribution in [2.45, 2.75) is 0 Å². The molecule has 0 radical (unpaired) electrons. The second-order valence-electron chi connectivity index (χ2n) is 13.9. The minimum atomic E-state index is -0.758. The number of nitrogens with zero attached hydrogens (tertiary/aromatic N) is 1. The van der Waals surface area contributed by atoms with E-state index < -0.39 is 95.4 Å². The molecule has 0 unspecified atom stereocenters. The highest BCUT2D eigenvalue weighted by Crippen LogP contribution is 2.45. The molecule has 2 heteroatoms. The Morgan fingerprint density at radius 1 is 0.328 bits per heavy atom. The third-order valence-electron chi connectivity index (χ3n) is 10.5. The zero-order chi connectivity index (χ0) is 49.7. The molecule has 11 aromatic rings. The molecule has 0 atom stereocenters. The summed E-state index contributed by atoms with van der Waals surface area (Å²) in [6, 6.07) is 36.9. The number of hydrogen-bond acceptors (Lipinski definition) is 2. The quantitative estimate of drug-likeness (QED) is 0.161. The first-order valence-electron chi connectivity index (χ1n) is 25.3. The number of benzene rings is 10. The molecule has 0 aliphatic carbocycles. The third-order valence-corrected chi connectivity index (χ3v) is 10.5. The zero-order valence-corrected chi connectivity index (χ0v) is 30.7. The highest BCUT2D eigenvalue weighted by Gasteiger charge is 2.21. The first-order valence-corrected chi connectivity index (χ1v) is 18.8. The van der Waals surface area contributed by atoms with Crippen LogP contribution in [0.3, 0.4) is 0 Å². The number of rotatable bonds is 7. The zero-order valence-electron chi connectivity index (χ0n) is 43.7. The normalized spacial score (nSPS) is 14.6. The van der Waals surface area contributed by atoms with Crippen molar-refractivity contribution >= 4 is 60.5 Å². The monoisotopic (exact) mass is 752 g/mol. The van der Waals surface area contributed by atoms with Gasteiger partial charge in [-0.2, -0.15) is 0 Å². The fraction of sp³-hybridized carbons (Fsp3) is 0. The molecule has 58 heavy (non-hydrogen) atoms. The smallest absolute Gasteiger partial charge is 0.143 e. The average molecular weight is 753 g/mol. The van der Waals surface area contributed by atoms with E-state index in [2.05, 4.69) is 0 Å². The van der Waals surface area contributed by atoms with E-state index in [1.54, 1.807) is 36.4 Å². The molecule has 0 spiro atoms. The number of furan rings is 1. The minimum absolute atomic E-state index is 0.00295. The lowest BCUT2D eigenvalue weighted by Crippen LogP contribution is -2.11. The summed E-state index contributed by atoms with van der Waals surface area (Å²) in [6.07, 6.45) is 0. The average Bonchev–Trinajstić information content (AvgIpc) is 3.79. The summed E-state index contributed by atoms with van der Waals surface area (Å²) in [6.45, 7) is 0. The van der Waals surface area contributed by atoms with Gasteiger partial charge in [-0.25, -0.2) is 0 Å². The first-order chi connectivity index (χ1) is 34.2. The van der Waals surface area contributed by atoms with Crippen molar-refractivity contribution in [3.63, 3.8) is 0 Å². The lowest BCUT2D eigenvalue weighted by atomic mass is 9.96. The van der Waals surface area contributed by atoms with Gasteiger partial charge in [0.1, 0.15) is 11.2 Å². The minimum Gasteiger partial charge on any atom is -0.455 e. The standard InChI is InChI=1S/C56H37NO/c1-2-12-38(13-3-1)40-28-33-45(34-29-40)57(46-35-30-41(31-36-46)39-24-26-44(27-25-39)48-20-10-16-42-14-4-6-17-47(42)48)54-23-9-8-19-50(54)51-21-11-22-52-53-37-32-43-15-5-7-18-49(43)55(53)58-56(51)52/h1-37H/i1D,2D,3D,12D,13D,28D,29D,30D,31D,33D,34D,35D,36D. The largest absolute Gasteiger partial charge is 0.455 e. The Labute approximate surface area is 355 Å². The molecule has 11 rings (SSSR count). The van der Waals surface area contributed by atoms with E-state index in [-0.39, 0.29) is 16.9 Å². The maximum atomic E-state index is 9.75. The van der Waals surface area contributed by atoms with E-state index in [1.807, 2.05) is 109 Å². The van der Waals surface area contributed by atoms with Crippen LogP contribution in [0.5, 0.6) is 0 Å². The summed E-state index contributed by atoms with van der Waals surface area (Å²) in [4.78, 5) is 1.20. The van der Waals surface area contributed by atoms with Crippen LogP contribution in [0.4, 0.5) is 17.1 Å². The van der Waals surface area contributed by atoms with Crippen LogP contribution >= 0.6 is 0 Å². The Balaban J connectivity index is 1.17. The van der Waals surface area contributed by atoms with E-state index in [1.165, 1.54) is 4.90 Å². The van der Waals surface area contributed by atoms with Gasteiger partial charge in [0.2, 0.25) is 0 Å². The molecular weight excluding hydrogens is 703 g/mol. The number of para-hydroxylation sites is 2. The van der Waals surface area contributed by atoms with Gasteiger partial charge in [0.05, 0.1) is 23.5 Å². The molecule has 0 N–H and O–H groups in total. The van der Waals surface area contributed by atoms with Crippen LogP contribution in [0, 0.1) is 0 Å². The molecule has 0 saturated heterocycles. The highest BCUT2D eigenvalue weighted by molar-refractivity contribution is 6.17. The van der Waals surface area contributed by atoms with Crippen LogP contribution < -0.4 is 4.90 Å². The lowest BCUT2D eigenvalue weighted by Gasteiger charge is -2.28. The predicted octanol–water partition coefficient (Wildman–Crippen LogP) is 16.0. The van der Waals surface area contributed by atoms with Gasteiger partial charge < -0.3 is 9.32 Å². The lowest BCUT2D eigenvalue weighted by molar-refractivity contribution is 0.674. The summed E-state index contributed by atoms with van der Waals surface area (Å²) < 4.78 is 126. The van der Waals surface area contributed by atoms with Gasteiger partial charge in [0.25, 0.3) is 0 Å². The van der Waals surface area contributed by atoms with Crippen molar-refractivity contribution in [3.8, 4) is 44.5 Å². The van der Waals surface area contributed by atoms with Crippen LogP contribution in [0.2, 0.25) is 0 Å². The molecule has 0 amide bonds. The van der Waals surface area contributed by atoms with Gasteiger partial charge in [-0.1, -0.05) is 188 Å². The van der Waals surface area contributed by atoms with Crippen LogP contribution in [0.1, 0.15) is 17.8 Å². The van der Waals surface area contributed by atoms with E-state index >= 15 is 0 Å². The van der Waals surface area contributed by atoms with Crippen LogP contribution in [0.25, 0.3) is 88.0 Å². The van der Waals surface area contributed by atoms with Crippen molar-refractivity contribution in [3.05, 3.63) is 224 Å². The second-order valence-corrected chi connectivity index (χ2v) is 13.9. The molecule has 2 nitrogen and oxygen atoms in total. The van der Waals surface area contributed by atoms with Crippen LogP contribution in [-0.4, -0.2) is 0 Å². The summed E-state index contributed by atoms with van der Waals surface area (Å²) in [5.74, 6) is 0. The molecule has 1 aromatic heterocycles. The molecule has 0 aliphatic heterocycles. The maximum absolute atomic E-state index is 9.75. The van der Waals surface area contributed by atoms with Gasteiger partial charge in [0, 0.05) is 38.7 Å². The van der Waals surface area contributed by atoms with Gasteiger partial charge >= 0.3 is 0 Å². The van der Waals surface area contributed by atoms with E-state index in [4.69, 9.17) is 11.3 Å². The van der Waals surface area contributed by atoms with E-state index in [0.717, 1.165) is 43.4 Å². The van der Waals surface area contributed by atoms with Gasteiger partial charge in [-0.15, -0.1) is 0 Å². The van der Waals surface area contributed by atoms with Gasteiger partial charge in [-0.3, -0.25) is 0 Å². The SMILES string of the molecule is [2H]c1c([2H])c([2H])c(-c2c([2H])c([2H])c(N(c3ccccc3-c3cccc4c3oc3c5ccccc5ccc43)c3c([2H])c([2H])c(-c4ccc(-c5cccc6ccccc56)cc4)c([2H])c3[2H])c([2H])c2[2H])c([2H])c1[2H]. The molecule has 10 aromatic carbocycles. The second kappa shape index (κ2) is 14.1. The van der Waals surface area contributed by atoms with Crippen LogP contribution in [0.15, 0.2) is 229 Å². The van der Waals surface area contributed by atoms with Gasteiger partial charge in [-0.05, 0) is 85.8 Å². The molecule has 1 heterocycles. The number of hydrogen-bond donors (Lipinski definition) is 0. The number of fused-ring (bicyclic) bond motifs is 6. The topological polar surface area (TPSA) is 16.4 Å². The fourth-order valence-corrected chi connectivity index (χ4v) is 7.76. The van der Waals surface area contributed by atoms with Crippen molar-refractivity contribution in [2.24, 2.45) is 0 Å². The van der Waals surface area contributed by atoms with E-state index in [9.17, 15) is 11.0 Å². The van der Waals surface area contributed by atoms with Crippen LogP contribution in [-0.2, 0) is 0 Å². The molecule has 272 valence electrons. The summed E-state index contributed by atoms with van der Waals surface area (Å²) >= 11 is 0. The van der Waals surface area contributed by atoms with Gasteiger partial charge in [0.15, 0.2) is 0 Å². The molecular formula is C56H37NO. The Morgan fingerprint density at radius 2 is 0.845 bits per heavy atom. The van der Waals surface area contributed by atoms with E-state index in [0.29, 0.717) is 27.9 Å². The fourth-order valence-electron chi connectivity index (χ4n) is 7.76. The molecule has 0 fully saturated rings. The molecule has 0 bridgehead atoms. The van der Waals surface area contributed by atoms with Crippen molar-refractivity contribution < 1.29 is 22.2 Å².